The minimum atomic E-state index is 0.483. The van der Waals surface area contributed by atoms with Gasteiger partial charge in [0.25, 0.3) is 0 Å². The molecular weight excluding hydrogens is 212 g/mol. The van der Waals surface area contributed by atoms with E-state index in [-0.39, 0.29) is 0 Å². The van der Waals surface area contributed by atoms with E-state index in [2.05, 4.69) is 27.0 Å². The zero-order valence-corrected chi connectivity index (χ0v) is 10.7. The molecule has 4 nitrogen and oxygen atoms in total. The molecule has 17 heavy (non-hydrogen) atoms. The van der Waals surface area contributed by atoms with E-state index in [9.17, 15) is 0 Å². The van der Waals surface area contributed by atoms with Crippen LogP contribution in [0.2, 0.25) is 0 Å². The number of hydrogen-bond acceptors (Lipinski definition) is 3. The Kier molecular flexibility index (Phi) is 3.14. The highest BCUT2D eigenvalue weighted by Gasteiger charge is 2.37. The maximum absolute atomic E-state index is 4.43. The second-order valence-electron chi connectivity index (χ2n) is 5.35. The van der Waals surface area contributed by atoms with E-state index in [1.165, 1.54) is 43.8 Å². The third-order valence-electron chi connectivity index (χ3n) is 3.93. The molecule has 3 rings (SSSR count). The van der Waals surface area contributed by atoms with Gasteiger partial charge < -0.3 is 9.88 Å². The van der Waals surface area contributed by atoms with Crippen molar-refractivity contribution in [3.05, 3.63) is 11.6 Å². The Bertz CT molecular complexity index is 381. The summed E-state index contributed by atoms with van der Waals surface area (Å²) in [4.78, 5) is 0. The standard InChI is InChI=1S/C13H22N4/c1-2-3-4-5-11-15-16-13-12(10-6-7-10)14-8-9-17(11)13/h10,12,14H,2-9H2,1H3. The fraction of sp³-hybridized carbons (Fsp3) is 0.846. The van der Waals surface area contributed by atoms with Gasteiger partial charge >= 0.3 is 0 Å². The molecule has 0 amide bonds. The van der Waals surface area contributed by atoms with Crippen LogP contribution in [0.15, 0.2) is 0 Å². The van der Waals surface area contributed by atoms with E-state index < -0.39 is 0 Å². The number of fused-ring (bicyclic) bond motifs is 1. The zero-order chi connectivity index (χ0) is 11.7. The average Bonchev–Trinajstić information content (AvgIpc) is 3.11. The van der Waals surface area contributed by atoms with Crippen LogP contribution >= 0.6 is 0 Å². The molecule has 0 spiro atoms. The van der Waals surface area contributed by atoms with Crippen LogP contribution in [0.25, 0.3) is 0 Å². The molecule has 0 radical (unpaired) electrons. The number of rotatable bonds is 5. The molecule has 2 heterocycles. The molecular formula is C13H22N4. The highest BCUT2D eigenvalue weighted by atomic mass is 15.3. The lowest BCUT2D eigenvalue weighted by Gasteiger charge is -2.25. The Balaban J connectivity index is 1.74. The summed E-state index contributed by atoms with van der Waals surface area (Å²) in [6, 6.07) is 0.483. The molecule has 1 aromatic heterocycles. The topological polar surface area (TPSA) is 42.7 Å². The predicted molar refractivity (Wildman–Crippen MR) is 66.7 cm³/mol. The van der Waals surface area contributed by atoms with Gasteiger partial charge in [0.1, 0.15) is 5.82 Å². The summed E-state index contributed by atoms with van der Waals surface area (Å²) in [5, 5.41) is 12.4. The average molecular weight is 234 g/mol. The van der Waals surface area contributed by atoms with Crippen molar-refractivity contribution in [3.8, 4) is 0 Å². The van der Waals surface area contributed by atoms with Gasteiger partial charge in [0.05, 0.1) is 6.04 Å². The summed E-state index contributed by atoms with van der Waals surface area (Å²) in [7, 11) is 0. The number of nitrogens with one attached hydrogen (secondary N) is 1. The summed E-state index contributed by atoms with van der Waals surface area (Å²) in [5.41, 5.74) is 0. The highest BCUT2D eigenvalue weighted by Crippen LogP contribution is 2.41. The van der Waals surface area contributed by atoms with E-state index >= 15 is 0 Å². The first kappa shape index (κ1) is 11.2. The molecule has 1 fully saturated rings. The minimum Gasteiger partial charge on any atom is -0.312 e. The fourth-order valence-electron chi connectivity index (χ4n) is 2.77. The Hall–Kier alpha value is -0.900. The normalized spacial score (nSPS) is 23.7. The van der Waals surface area contributed by atoms with Gasteiger partial charge in [-0.05, 0) is 25.2 Å². The van der Waals surface area contributed by atoms with E-state index in [1.54, 1.807) is 0 Å². The summed E-state index contributed by atoms with van der Waals surface area (Å²) < 4.78 is 2.37. The Morgan fingerprint density at radius 1 is 1.29 bits per heavy atom. The molecule has 1 aromatic rings. The smallest absolute Gasteiger partial charge is 0.150 e. The molecule has 1 aliphatic carbocycles. The van der Waals surface area contributed by atoms with Crippen molar-refractivity contribution >= 4 is 0 Å². The SMILES string of the molecule is CCCCCc1nnc2n1CCNC2C1CC1. The number of aryl methyl sites for hydroxylation is 1. The lowest BCUT2D eigenvalue weighted by atomic mass is 10.1. The van der Waals surface area contributed by atoms with Gasteiger partial charge in [0.15, 0.2) is 5.82 Å². The van der Waals surface area contributed by atoms with Crippen LogP contribution in [0.4, 0.5) is 0 Å². The lowest BCUT2D eigenvalue weighted by Crippen LogP contribution is -2.35. The van der Waals surface area contributed by atoms with Crippen LogP contribution in [0, 0.1) is 5.92 Å². The Morgan fingerprint density at radius 3 is 2.94 bits per heavy atom. The number of aromatic nitrogens is 3. The number of hydrogen-bond donors (Lipinski definition) is 1. The molecule has 2 aliphatic rings. The summed E-state index contributed by atoms with van der Waals surface area (Å²) >= 11 is 0. The van der Waals surface area contributed by atoms with E-state index in [0.717, 1.165) is 25.4 Å². The molecule has 4 heteroatoms. The van der Waals surface area contributed by atoms with Crippen LogP contribution in [0.3, 0.4) is 0 Å². The van der Waals surface area contributed by atoms with Crippen molar-refractivity contribution < 1.29 is 0 Å². The molecule has 1 aliphatic heterocycles. The van der Waals surface area contributed by atoms with Crippen LogP contribution in [-0.2, 0) is 13.0 Å². The Morgan fingerprint density at radius 2 is 2.18 bits per heavy atom. The fourth-order valence-corrected chi connectivity index (χ4v) is 2.77. The summed E-state index contributed by atoms with van der Waals surface area (Å²) in [6.07, 6.45) is 7.62. The number of nitrogens with zero attached hydrogens (tertiary/aromatic N) is 3. The monoisotopic (exact) mass is 234 g/mol. The van der Waals surface area contributed by atoms with Gasteiger partial charge in [-0.2, -0.15) is 0 Å². The Labute approximate surface area is 103 Å². The van der Waals surface area contributed by atoms with Gasteiger partial charge in [-0.25, -0.2) is 0 Å². The van der Waals surface area contributed by atoms with Crippen LogP contribution < -0.4 is 5.32 Å². The number of unbranched alkanes of at least 4 members (excludes halogenated alkanes) is 2. The van der Waals surface area contributed by atoms with Gasteiger partial charge in [0, 0.05) is 19.5 Å². The van der Waals surface area contributed by atoms with Crippen LogP contribution in [-0.4, -0.2) is 21.3 Å². The molecule has 1 unspecified atom stereocenters. The minimum absolute atomic E-state index is 0.483. The van der Waals surface area contributed by atoms with E-state index in [1.807, 2.05) is 0 Å². The lowest BCUT2D eigenvalue weighted by molar-refractivity contribution is 0.376. The second kappa shape index (κ2) is 4.77. The predicted octanol–water partition coefficient (Wildman–Crippen LogP) is 2.07. The zero-order valence-electron chi connectivity index (χ0n) is 10.7. The third-order valence-corrected chi connectivity index (χ3v) is 3.93. The van der Waals surface area contributed by atoms with Crippen LogP contribution in [0.1, 0.15) is 56.7 Å². The van der Waals surface area contributed by atoms with Crippen molar-refractivity contribution in [1.29, 1.82) is 0 Å². The highest BCUT2D eigenvalue weighted by molar-refractivity contribution is 5.08. The van der Waals surface area contributed by atoms with Gasteiger partial charge in [-0.1, -0.05) is 19.8 Å². The molecule has 1 atom stereocenters. The first-order valence-corrected chi connectivity index (χ1v) is 7.05. The van der Waals surface area contributed by atoms with Crippen molar-refractivity contribution in [2.45, 2.75) is 58.0 Å². The van der Waals surface area contributed by atoms with Gasteiger partial charge in [-0.15, -0.1) is 10.2 Å². The largest absolute Gasteiger partial charge is 0.312 e. The quantitative estimate of drug-likeness (QED) is 0.793. The molecule has 1 saturated carbocycles. The molecule has 0 aromatic carbocycles. The van der Waals surface area contributed by atoms with Crippen LogP contribution in [0.5, 0.6) is 0 Å². The third kappa shape index (κ3) is 2.23. The molecule has 0 saturated heterocycles. The maximum Gasteiger partial charge on any atom is 0.150 e. The summed E-state index contributed by atoms with van der Waals surface area (Å²) in [5.74, 6) is 3.23. The van der Waals surface area contributed by atoms with E-state index in [0.29, 0.717) is 6.04 Å². The van der Waals surface area contributed by atoms with Gasteiger partial charge in [-0.3, -0.25) is 0 Å². The second-order valence-corrected chi connectivity index (χ2v) is 5.35. The molecule has 94 valence electrons. The maximum atomic E-state index is 4.43. The van der Waals surface area contributed by atoms with Crippen molar-refractivity contribution in [2.75, 3.05) is 6.54 Å². The first-order chi connectivity index (χ1) is 8.40. The molecule has 0 bridgehead atoms. The van der Waals surface area contributed by atoms with Crippen molar-refractivity contribution in [3.63, 3.8) is 0 Å². The van der Waals surface area contributed by atoms with E-state index in [4.69, 9.17) is 0 Å². The molecule has 1 N–H and O–H groups in total. The first-order valence-electron chi connectivity index (χ1n) is 7.05. The van der Waals surface area contributed by atoms with Crippen molar-refractivity contribution in [2.24, 2.45) is 5.92 Å². The summed E-state index contributed by atoms with van der Waals surface area (Å²) in [6.45, 7) is 4.37. The van der Waals surface area contributed by atoms with Crippen molar-refractivity contribution in [1.82, 2.24) is 20.1 Å². The van der Waals surface area contributed by atoms with Gasteiger partial charge in [0.2, 0.25) is 0 Å².